The molecule has 0 aromatic heterocycles. The van der Waals surface area contributed by atoms with E-state index >= 15 is 0 Å². The van der Waals surface area contributed by atoms with Gasteiger partial charge < -0.3 is 10.0 Å². The number of hydrogen-bond donors (Lipinski definition) is 1. The number of nitrogens with zero attached hydrogens (tertiary/aromatic N) is 1. The molecular weight excluding hydrogens is 271 g/mol. The van der Waals surface area contributed by atoms with Crippen molar-refractivity contribution in [3.05, 3.63) is 0 Å². The number of halogens is 3. The molecule has 2 atom stereocenters. The quantitative estimate of drug-likeness (QED) is 0.856. The summed E-state index contributed by atoms with van der Waals surface area (Å²) in [5.41, 5.74) is -2.82. The molecule has 4 nitrogen and oxygen atoms in total. The Kier molecular flexibility index (Phi) is 4.19. The Morgan fingerprint density at radius 1 is 1.44 bits per heavy atom. The maximum atomic E-state index is 12.9. The summed E-state index contributed by atoms with van der Waals surface area (Å²) in [4.78, 5) is 23.7. The van der Waals surface area contributed by atoms with Crippen molar-refractivity contribution in [1.29, 1.82) is 0 Å². The van der Waals surface area contributed by atoms with Crippen LogP contribution in [0, 0.1) is 5.41 Å². The number of thioether (sulfide) groups is 1. The Hall–Kier alpha value is -0.920. The summed E-state index contributed by atoms with van der Waals surface area (Å²) in [6.07, 6.45) is -3.76. The zero-order valence-corrected chi connectivity index (χ0v) is 10.8. The fourth-order valence-electron chi connectivity index (χ4n) is 1.88. The maximum absolute atomic E-state index is 12.9. The van der Waals surface area contributed by atoms with Gasteiger partial charge in [0.1, 0.15) is 0 Å². The Balaban J connectivity index is 2.92. The molecule has 8 heteroatoms. The number of carbonyl (C=O) groups is 2. The molecule has 1 rings (SSSR count). The van der Waals surface area contributed by atoms with Gasteiger partial charge in [-0.1, -0.05) is 0 Å². The average Bonchev–Trinajstić information content (AvgIpc) is 2.72. The number of rotatable bonds is 3. The van der Waals surface area contributed by atoms with E-state index in [4.69, 9.17) is 5.11 Å². The molecule has 104 valence electrons. The number of likely N-dealkylation sites (tertiary alicyclic amines) is 1. The normalized spacial score (nSPS) is 26.2. The highest BCUT2D eigenvalue weighted by Crippen LogP contribution is 2.45. The summed E-state index contributed by atoms with van der Waals surface area (Å²) in [6.45, 7) is 0.618. The number of hydrogen-bond acceptors (Lipinski definition) is 3. The van der Waals surface area contributed by atoms with Crippen LogP contribution in [-0.2, 0) is 9.59 Å². The number of carbonyl (C=O) groups excluding carboxylic acids is 1. The van der Waals surface area contributed by atoms with Crippen LogP contribution in [0.25, 0.3) is 0 Å². The first-order valence-electron chi connectivity index (χ1n) is 5.27. The second-order valence-electron chi connectivity index (χ2n) is 4.27. The molecule has 1 saturated heterocycles. The molecule has 1 heterocycles. The minimum Gasteiger partial charge on any atom is -0.481 e. The SMILES string of the molecule is CSC(C)C(=O)N1CCC(C(=O)O)(C(F)(F)F)C1. The highest BCUT2D eigenvalue weighted by molar-refractivity contribution is 7.99. The van der Waals surface area contributed by atoms with Crippen LogP contribution < -0.4 is 0 Å². The van der Waals surface area contributed by atoms with Crippen LogP contribution in [0.4, 0.5) is 13.2 Å². The van der Waals surface area contributed by atoms with E-state index in [0.717, 1.165) is 4.90 Å². The fraction of sp³-hybridized carbons (Fsp3) is 0.800. The lowest BCUT2D eigenvalue weighted by molar-refractivity contribution is -0.227. The zero-order chi connectivity index (χ0) is 14.1. The van der Waals surface area contributed by atoms with Gasteiger partial charge in [-0.2, -0.15) is 24.9 Å². The largest absolute Gasteiger partial charge is 0.481 e. The summed E-state index contributed by atoms with van der Waals surface area (Å²) in [5, 5.41) is 8.36. The molecule has 1 aliphatic heterocycles. The van der Waals surface area contributed by atoms with Gasteiger partial charge in [0.25, 0.3) is 0 Å². The average molecular weight is 285 g/mol. The first kappa shape index (κ1) is 15.1. The van der Waals surface area contributed by atoms with Crippen molar-refractivity contribution in [2.24, 2.45) is 5.41 Å². The van der Waals surface area contributed by atoms with Crippen molar-refractivity contribution in [2.45, 2.75) is 24.8 Å². The smallest absolute Gasteiger partial charge is 0.406 e. The van der Waals surface area contributed by atoms with Crippen LogP contribution in [0.2, 0.25) is 0 Å². The Labute approximate surface area is 107 Å². The van der Waals surface area contributed by atoms with Gasteiger partial charge in [-0.05, 0) is 19.6 Å². The molecule has 1 amide bonds. The summed E-state index contributed by atoms with van der Waals surface area (Å²) in [5.74, 6) is -2.36. The van der Waals surface area contributed by atoms with Crippen molar-refractivity contribution >= 4 is 23.6 Å². The van der Waals surface area contributed by atoms with Crippen molar-refractivity contribution < 1.29 is 27.9 Å². The molecule has 1 fully saturated rings. The lowest BCUT2D eigenvalue weighted by atomic mass is 9.86. The first-order chi connectivity index (χ1) is 8.15. The minimum atomic E-state index is -4.85. The molecule has 0 radical (unpaired) electrons. The van der Waals surface area contributed by atoms with Gasteiger partial charge in [-0.15, -0.1) is 0 Å². The third-order valence-electron chi connectivity index (χ3n) is 3.23. The molecule has 0 aromatic carbocycles. The molecule has 0 spiro atoms. The van der Waals surface area contributed by atoms with E-state index in [1.807, 2.05) is 0 Å². The third-order valence-corrected chi connectivity index (χ3v) is 4.14. The predicted molar refractivity (Wildman–Crippen MR) is 60.3 cm³/mol. The van der Waals surface area contributed by atoms with Crippen LogP contribution in [-0.4, -0.2) is 52.7 Å². The van der Waals surface area contributed by atoms with Crippen molar-refractivity contribution in [3.8, 4) is 0 Å². The van der Waals surface area contributed by atoms with Gasteiger partial charge in [0.05, 0.1) is 5.25 Å². The standard InChI is InChI=1S/C10H14F3NO3S/c1-6(18-2)7(15)14-4-3-9(5-14,8(16)17)10(11,12)13/h6H,3-5H2,1-2H3,(H,16,17). The molecule has 0 saturated carbocycles. The van der Waals surface area contributed by atoms with Gasteiger partial charge in [0, 0.05) is 13.1 Å². The Bertz CT molecular complexity index is 361. The molecule has 0 aliphatic carbocycles. The van der Waals surface area contributed by atoms with Gasteiger partial charge in [0.2, 0.25) is 5.91 Å². The Morgan fingerprint density at radius 3 is 2.33 bits per heavy atom. The molecule has 1 N–H and O–H groups in total. The van der Waals surface area contributed by atoms with Crippen LogP contribution in [0.1, 0.15) is 13.3 Å². The van der Waals surface area contributed by atoms with Gasteiger partial charge in [-0.3, -0.25) is 9.59 Å². The third kappa shape index (κ3) is 2.43. The summed E-state index contributed by atoms with van der Waals surface area (Å²) < 4.78 is 38.6. The van der Waals surface area contributed by atoms with Crippen LogP contribution in [0.3, 0.4) is 0 Å². The maximum Gasteiger partial charge on any atom is 0.406 e. The van der Waals surface area contributed by atoms with Crippen molar-refractivity contribution in [1.82, 2.24) is 4.90 Å². The Morgan fingerprint density at radius 2 is 2.00 bits per heavy atom. The lowest BCUT2D eigenvalue weighted by Crippen LogP contribution is -2.48. The van der Waals surface area contributed by atoms with Crippen LogP contribution in [0.15, 0.2) is 0 Å². The second kappa shape index (κ2) is 4.99. The van der Waals surface area contributed by atoms with Crippen molar-refractivity contribution in [2.75, 3.05) is 19.3 Å². The summed E-state index contributed by atoms with van der Waals surface area (Å²) >= 11 is 1.22. The predicted octanol–water partition coefficient (Wildman–Crippen LogP) is 1.60. The summed E-state index contributed by atoms with van der Waals surface area (Å²) in [7, 11) is 0. The summed E-state index contributed by atoms with van der Waals surface area (Å²) in [6, 6.07) is 0. The van der Waals surface area contributed by atoms with Crippen molar-refractivity contribution in [3.63, 3.8) is 0 Å². The highest BCUT2D eigenvalue weighted by Gasteiger charge is 2.64. The second-order valence-corrected chi connectivity index (χ2v) is 5.45. The number of carboxylic acid groups (broad SMARTS) is 1. The highest BCUT2D eigenvalue weighted by atomic mass is 32.2. The van der Waals surface area contributed by atoms with E-state index in [1.165, 1.54) is 11.8 Å². The van der Waals surface area contributed by atoms with E-state index in [2.05, 4.69) is 0 Å². The molecule has 0 aromatic rings. The van der Waals surface area contributed by atoms with Gasteiger partial charge >= 0.3 is 12.1 Å². The monoisotopic (exact) mass is 285 g/mol. The lowest BCUT2D eigenvalue weighted by Gasteiger charge is -2.27. The van der Waals surface area contributed by atoms with E-state index in [1.54, 1.807) is 13.2 Å². The fourth-order valence-corrected chi connectivity index (χ4v) is 2.23. The molecule has 18 heavy (non-hydrogen) atoms. The van der Waals surface area contributed by atoms with E-state index < -0.39 is 41.7 Å². The van der Waals surface area contributed by atoms with E-state index in [-0.39, 0.29) is 6.54 Å². The molecule has 0 bridgehead atoms. The number of alkyl halides is 3. The van der Waals surface area contributed by atoms with E-state index in [9.17, 15) is 22.8 Å². The van der Waals surface area contributed by atoms with Crippen LogP contribution in [0.5, 0.6) is 0 Å². The van der Waals surface area contributed by atoms with Gasteiger partial charge in [-0.25, -0.2) is 0 Å². The minimum absolute atomic E-state index is 0.171. The number of carboxylic acids is 1. The molecular formula is C10H14F3NO3S. The number of amides is 1. The number of aliphatic carboxylic acids is 1. The zero-order valence-electron chi connectivity index (χ0n) is 9.95. The van der Waals surface area contributed by atoms with Gasteiger partial charge in [0.15, 0.2) is 5.41 Å². The first-order valence-corrected chi connectivity index (χ1v) is 6.56. The molecule has 2 unspecified atom stereocenters. The molecule has 1 aliphatic rings. The van der Waals surface area contributed by atoms with Crippen LogP contribution >= 0.6 is 11.8 Å². The van der Waals surface area contributed by atoms with E-state index in [0.29, 0.717) is 0 Å². The topological polar surface area (TPSA) is 57.6 Å².